The average molecular weight is 291 g/mol. The van der Waals surface area contributed by atoms with Gasteiger partial charge in [0.2, 0.25) is 0 Å². The second-order valence-electron chi connectivity index (χ2n) is 5.61. The summed E-state index contributed by atoms with van der Waals surface area (Å²) in [5.41, 5.74) is 1.73. The quantitative estimate of drug-likeness (QED) is 0.634. The first-order chi connectivity index (χ1) is 9.86. The molecule has 2 aliphatic heterocycles. The molecule has 0 aliphatic carbocycles. The van der Waals surface area contributed by atoms with E-state index in [9.17, 15) is 4.91 Å². The lowest BCUT2D eigenvalue weighted by molar-refractivity contribution is 0.185. The normalized spacial score (nSPS) is 21.9. The summed E-state index contributed by atoms with van der Waals surface area (Å²) in [7, 11) is 1.19. The first-order valence-electron chi connectivity index (χ1n) is 7.50. The van der Waals surface area contributed by atoms with Gasteiger partial charge >= 0.3 is 0 Å². The summed E-state index contributed by atoms with van der Waals surface area (Å²) in [5.74, 6) is 0. The highest BCUT2D eigenvalue weighted by Crippen LogP contribution is 2.26. The fourth-order valence-corrected chi connectivity index (χ4v) is 4.40. The van der Waals surface area contributed by atoms with Crippen LogP contribution in [0.3, 0.4) is 0 Å². The molecular formula is C15H22N3OP. The number of benzene rings is 1. The standard InChI is InChI=1S/C15H22N3OP/c19-16-13-1-3-14(4-2-13)17-7-5-15(6-8-17)18-9-11-20-12-10-18/h1-4,15,20H,5-12H2. The fraction of sp³-hybridized carbons (Fsp3) is 0.600. The minimum absolute atomic E-state index is 0.512. The summed E-state index contributed by atoms with van der Waals surface area (Å²) >= 11 is 0. The zero-order chi connectivity index (χ0) is 13.8. The third-order valence-electron chi connectivity index (χ3n) is 4.45. The van der Waals surface area contributed by atoms with Crippen molar-refractivity contribution in [3.8, 4) is 0 Å². The molecule has 0 amide bonds. The first-order valence-corrected chi connectivity index (χ1v) is 8.91. The Morgan fingerprint density at radius 3 is 2.25 bits per heavy atom. The van der Waals surface area contributed by atoms with Gasteiger partial charge in [0.15, 0.2) is 0 Å². The van der Waals surface area contributed by atoms with Gasteiger partial charge in [-0.1, -0.05) is 0 Å². The van der Waals surface area contributed by atoms with Crippen molar-refractivity contribution in [2.45, 2.75) is 18.9 Å². The fourth-order valence-electron chi connectivity index (χ4n) is 3.26. The van der Waals surface area contributed by atoms with Gasteiger partial charge in [-0.3, -0.25) is 4.90 Å². The number of hydrogen-bond acceptors (Lipinski definition) is 4. The van der Waals surface area contributed by atoms with Gasteiger partial charge in [0.1, 0.15) is 5.69 Å². The monoisotopic (exact) mass is 291 g/mol. The van der Waals surface area contributed by atoms with E-state index >= 15 is 0 Å². The van der Waals surface area contributed by atoms with Gasteiger partial charge in [-0.05, 0) is 54.6 Å². The predicted molar refractivity (Wildman–Crippen MR) is 86.8 cm³/mol. The van der Waals surface area contributed by atoms with Crippen molar-refractivity contribution in [2.75, 3.05) is 43.4 Å². The summed E-state index contributed by atoms with van der Waals surface area (Å²) in [6.07, 6.45) is 5.33. The Hall–Kier alpha value is -0.990. The van der Waals surface area contributed by atoms with Crippen molar-refractivity contribution in [3.05, 3.63) is 29.2 Å². The maximum absolute atomic E-state index is 10.4. The molecule has 20 heavy (non-hydrogen) atoms. The number of anilines is 1. The number of nitrogens with zero attached hydrogens (tertiary/aromatic N) is 3. The van der Waals surface area contributed by atoms with Crippen LogP contribution in [0.2, 0.25) is 0 Å². The highest BCUT2D eigenvalue weighted by atomic mass is 31.1. The lowest BCUT2D eigenvalue weighted by atomic mass is 10.0. The molecule has 4 nitrogen and oxygen atoms in total. The summed E-state index contributed by atoms with van der Waals surface area (Å²) in [6.45, 7) is 4.86. The van der Waals surface area contributed by atoms with E-state index in [1.54, 1.807) is 12.1 Å². The number of nitroso groups, excluding NO2 is 1. The molecule has 108 valence electrons. The van der Waals surface area contributed by atoms with Crippen molar-refractivity contribution in [2.24, 2.45) is 5.18 Å². The zero-order valence-electron chi connectivity index (χ0n) is 11.8. The largest absolute Gasteiger partial charge is 0.371 e. The van der Waals surface area contributed by atoms with Crippen molar-refractivity contribution in [1.29, 1.82) is 0 Å². The van der Waals surface area contributed by atoms with Gasteiger partial charge in [-0.2, -0.15) is 0 Å². The molecule has 0 bridgehead atoms. The van der Waals surface area contributed by atoms with Crippen molar-refractivity contribution in [3.63, 3.8) is 0 Å². The summed E-state index contributed by atoms with van der Waals surface area (Å²) < 4.78 is 0. The Morgan fingerprint density at radius 2 is 1.65 bits per heavy atom. The molecule has 3 rings (SSSR count). The van der Waals surface area contributed by atoms with Gasteiger partial charge < -0.3 is 4.90 Å². The molecule has 2 saturated heterocycles. The highest BCUT2D eigenvalue weighted by molar-refractivity contribution is 7.38. The van der Waals surface area contributed by atoms with Crippen LogP contribution in [0, 0.1) is 4.91 Å². The smallest absolute Gasteiger partial charge is 0.108 e. The summed E-state index contributed by atoms with van der Waals surface area (Å²) in [5, 5.41) is 2.96. The van der Waals surface area contributed by atoms with E-state index in [0.717, 1.165) is 19.1 Å². The molecule has 5 heteroatoms. The van der Waals surface area contributed by atoms with Crippen molar-refractivity contribution < 1.29 is 0 Å². The van der Waals surface area contributed by atoms with Crippen LogP contribution in [0.15, 0.2) is 29.4 Å². The maximum Gasteiger partial charge on any atom is 0.108 e. The predicted octanol–water partition coefficient (Wildman–Crippen LogP) is 3.05. The van der Waals surface area contributed by atoms with Gasteiger partial charge in [0.25, 0.3) is 0 Å². The third kappa shape index (κ3) is 3.18. The molecule has 0 atom stereocenters. The van der Waals surface area contributed by atoms with Gasteiger partial charge in [0.05, 0.1) is 0 Å². The summed E-state index contributed by atoms with van der Waals surface area (Å²) in [6, 6.07) is 8.42. The van der Waals surface area contributed by atoms with Crippen molar-refractivity contribution >= 4 is 20.0 Å². The molecule has 0 aromatic heterocycles. The van der Waals surface area contributed by atoms with Crippen LogP contribution in [0.5, 0.6) is 0 Å². The average Bonchev–Trinajstić information content (AvgIpc) is 2.56. The molecule has 2 aliphatic rings. The first kappa shape index (κ1) is 14.0. The van der Waals surface area contributed by atoms with E-state index in [0.29, 0.717) is 5.69 Å². The zero-order valence-corrected chi connectivity index (χ0v) is 12.8. The minimum atomic E-state index is 0.512. The molecular weight excluding hydrogens is 269 g/mol. The molecule has 0 saturated carbocycles. The van der Waals surface area contributed by atoms with E-state index in [2.05, 4.69) is 15.0 Å². The van der Waals surface area contributed by atoms with Crippen LogP contribution in [0.25, 0.3) is 0 Å². The lowest BCUT2D eigenvalue weighted by Gasteiger charge is -2.41. The molecule has 1 aromatic rings. The van der Waals surface area contributed by atoms with Gasteiger partial charge in [-0.25, -0.2) is 0 Å². The van der Waals surface area contributed by atoms with Crippen molar-refractivity contribution in [1.82, 2.24) is 4.90 Å². The Labute approximate surface area is 122 Å². The molecule has 2 heterocycles. The minimum Gasteiger partial charge on any atom is -0.371 e. The Morgan fingerprint density at radius 1 is 1.00 bits per heavy atom. The third-order valence-corrected chi connectivity index (χ3v) is 5.61. The van der Waals surface area contributed by atoms with Crippen LogP contribution in [-0.2, 0) is 0 Å². The maximum atomic E-state index is 10.4. The summed E-state index contributed by atoms with van der Waals surface area (Å²) in [4.78, 5) is 15.6. The highest BCUT2D eigenvalue weighted by Gasteiger charge is 2.25. The van der Waals surface area contributed by atoms with Crippen LogP contribution < -0.4 is 4.90 Å². The number of piperidine rings is 1. The molecule has 0 radical (unpaired) electrons. The topological polar surface area (TPSA) is 35.9 Å². The van der Waals surface area contributed by atoms with Gasteiger partial charge in [-0.15, -0.1) is 13.5 Å². The van der Waals surface area contributed by atoms with E-state index < -0.39 is 0 Å². The Kier molecular flexibility index (Phi) is 4.64. The number of rotatable bonds is 3. The van der Waals surface area contributed by atoms with E-state index in [4.69, 9.17) is 0 Å². The molecule has 2 fully saturated rings. The van der Waals surface area contributed by atoms with E-state index in [-0.39, 0.29) is 0 Å². The second-order valence-corrected chi connectivity index (χ2v) is 7.11. The lowest BCUT2D eigenvalue weighted by Crippen LogP contribution is -2.47. The molecule has 0 N–H and O–H groups in total. The Bertz CT molecular complexity index is 437. The SMILES string of the molecule is O=Nc1ccc(N2CCC(N3CCPCC3)CC2)cc1. The Balaban J connectivity index is 1.55. The van der Waals surface area contributed by atoms with Crippen LogP contribution in [0.1, 0.15) is 12.8 Å². The van der Waals surface area contributed by atoms with Crippen LogP contribution in [-0.4, -0.2) is 49.4 Å². The van der Waals surface area contributed by atoms with E-state index in [1.807, 2.05) is 12.1 Å². The molecule has 0 spiro atoms. The van der Waals surface area contributed by atoms with Crippen LogP contribution >= 0.6 is 8.58 Å². The van der Waals surface area contributed by atoms with Gasteiger partial charge in [0, 0.05) is 37.9 Å². The van der Waals surface area contributed by atoms with Crippen LogP contribution in [0.4, 0.5) is 11.4 Å². The second kappa shape index (κ2) is 6.64. The number of hydrogen-bond donors (Lipinski definition) is 0. The van der Waals surface area contributed by atoms with E-state index in [1.165, 1.54) is 52.5 Å². The molecule has 0 unspecified atom stereocenters. The molecule has 1 aromatic carbocycles.